The van der Waals surface area contributed by atoms with E-state index in [9.17, 15) is 0 Å². The molecule has 0 heterocycles. The van der Waals surface area contributed by atoms with Gasteiger partial charge in [0, 0.05) is 6.42 Å². The van der Waals surface area contributed by atoms with Gasteiger partial charge in [-0.3, -0.25) is 0 Å². The van der Waals surface area contributed by atoms with Crippen LogP contribution >= 0.6 is 0 Å². The van der Waals surface area contributed by atoms with Crippen molar-refractivity contribution in [3.05, 3.63) is 24.8 Å². The molecule has 0 aromatic rings. The van der Waals surface area contributed by atoms with Crippen molar-refractivity contribution in [2.75, 3.05) is 0 Å². The Bertz CT molecular complexity index is 174. The van der Waals surface area contributed by atoms with E-state index in [1.54, 1.807) is 0 Å². The summed E-state index contributed by atoms with van der Waals surface area (Å²) in [6, 6.07) is 2.12. The lowest BCUT2D eigenvalue weighted by molar-refractivity contribution is 0.695. The van der Waals surface area contributed by atoms with Crippen molar-refractivity contribution >= 4 is 0 Å². The van der Waals surface area contributed by atoms with Crippen LogP contribution in [0.5, 0.6) is 0 Å². The third-order valence-electron chi connectivity index (χ3n) is 1.87. The molecule has 72 valence electrons. The highest BCUT2D eigenvalue weighted by atomic mass is 14.2. The molecule has 0 radical (unpaired) electrons. The Hall–Kier alpha value is -1.03. The largest absolute Gasteiger partial charge is 0.198 e. The summed E-state index contributed by atoms with van der Waals surface area (Å²) in [7, 11) is 0. The fourth-order valence-corrected chi connectivity index (χ4v) is 1.11. The molecule has 0 aliphatic carbocycles. The van der Waals surface area contributed by atoms with Crippen molar-refractivity contribution in [2.24, 2.45) is 0 Å². The van der Waals surface area contributed by atoms with Crippen LogP contribution in [0.4, 0.5) is 0 Å². The van der Waals surface area contributed by atoms with E-state index in [1.807, 2.05) is 6.08 Å². The van der Waals surface area contributed by atoms with Gasteiger partial charge in [0.05, 0.1) is 6.07 Å². The van der Waals surface area contributed by atoms with E-state index in [2.05, 4.69) is 24.8 Å². The predicted molar refractivity (Wildman–Crippen MR) is 57.3 cm³/mol. The summed E-state index contributed by atoms with van der Waals surface area (Å²) in [6.45, 7) is 3.68. The summed E-state index contributed by atoms with van der Waals surface area (Å²) >= 11 is 0. The average Bonchev–Trinajstić information content (AvgIpc) is 2.16. The standard InChI is InChI=1S/C12H19N/c1-2-3-4-5-6-7-8-9-10-11-12-13/h2,8-9H,1,3-7,10-11H2/b9-8+. The normalized spacial score (nSPS) is 10.1. The molecule has 0 N–H and O–H groups in total. The Labute approximate surface area is 81.8 Å². The number of hydrogen-bond acceptors (Lipinski definition) is 1. The van der Waals surface area contributed by atoms with Gasteiger partial charge in [0.1, 0.15) is 0 Å². The van der Waals surface area contributed by atoms with Crippen molar-refractivity contribution in [1.29, 1.82) is 5.26 Å². The molecule has 0 aromatic carbocycles. The van der Waals surface area contributed by atoms with Crippen LogP contribution in [-0.4, -0.2) is 0 Å². The van der Waals surface area contributed by atoms with E-state index >= 15 is 0 Å². The zero-order valence-corrected chi connectivity index (χ0v) is 8.34. The monoisotopic (exact) mass is 177 g/mol. The second-order valence-electron chi connectivity index (χ2n) is 3.09. The average molecular weight is 177 g/mol. The minimum atomic E-state index is 0.646. The maximum atomic E-state index is 8.27. The van der Waals surface area contributed by atoms with Crippen molar-refractivity contribution in [3.8, 4) is 6.07 Å². The lowest BCUT2D eigenvalue weighted by Gasteiger charge is -1.94. The smallest absolute Gasteiger partial charge is 0.0624 e. The minimum absolute atomic E-state index is 0.646. The van der Waals surface area contributed by atoms with Crippen LogP contribution in [0.25, 0.3) is 0 Å². The zero-order chi connectivity index (χ0) is 9.78. The van der Waals surface area contributed by atoms with Crippen LogP contribution in [0.2, 0.25) is 0 Å². The Morgan fingerprint density at radius 1 is 1.00 bits per heavy atom. The third-order valence-corrected chi connectivity index (χ3v) is 1.87. The fraction of sp³-hybridized carbons (Fsp3) is 0.583. The first-order chi connectivity index (χ1) is 6.41. The van der Waals surface area contributed by atoms with Crippen molar-refractivity contribution in [2.45, 2.75) is 44.9 Å². The van der Waals surface area contributed by atoms with Crippen molar-refractivity contribution in [3.63, 3.8) is 0 Å². The second kappa shape index (κ2) is 11.0. The number of hydrogen-bond donors (Lipinski definition) is 0. The lowest BCUT2D eigenvalue weighted by atomic mass is 10.1. The maximum absolute atomic E-state index is 8.27. The van der Waals surface area contributed by atoms with E-state index in [-0.39, 0.29) is 0 Å². The molecule has 0 aromatic heterocycles. The molecule has 1 nitrogen and oxygen atoms in total. The molecular weight excluding hydrogens is 158 g/mol. The first-order valence-corrected chi connectivity index (χ1v) is 5.04. The first-order valence-electron chi connectivity index (χ1n) is 5.04. The highest BCUT2D eigenvalue weighted by Crippen LogP contribution is 2.04. The van der Waals surface area contributed by atoms with Crippen LogP contribution < -0.4 is 0 Å². The summed E-state index contributed by atoms with van der Waals surface area (Å²) in [5.41, 5.74) is 0. The summed E-state index contributed by atoms with van der Waals surface area (Å²) < 4.78 is 0. The second-order valence-corrected chi connectivity index (χ2v) is 3.09. The van der Waals surface area contributed by atoms with E-state index in [1.165, 1.54) is 19.3 Å². The molecule has 0 atom stereocenters. The van der Waals surface area contributed by atoms with Gasteiger partial charge in [-0.1, -0.05) is 24.6 Å². The van der Waals surface area contributed by atoms with Gasteiger partial charge >= 0.3 is 0 Å². The Kier molecular flexibility index (Phi) is 10.1. The molecule has 0 unspecified atom stereocenters. The van der Waals surface area contributed by atoms with Gasteiger partial charge in [-0.2, -0.15) is 5.26 Å². The molecule has 0 saturated carbocycles. The van der Waals surface area contributed by atoms with Crippen molar-refractivity contribution < 1.29 is 0 Å². The first kappa shape index (κ1) is 12.0. The molecule has 0 spiro atoms. The van der Waals surface area contributed by atoms with Crippen LogP contribution in [-0.2, 0) is 0 Å². The SMILES string of the molecule is C=CCCCCC/C=C/CCC#N. The lowest BCUT2D eigenvalue weighted by Crippen LogP contribution is -1.74. The molecule has 0 aliphatic heterocycles. The van der Waals surface area contributed by atoms with Gasteiger partial charge in [-0.25, -0.2) is 0 Å². The van der Waals surface area contributed by atoms with Gasteiger partial charge in [0.25, 0.3) is 0 Å². The van der Waals surface area contributed by atoms with Gasteiger partial charge in [0.15, 0.2) is 0 Å². The number of nitrogens with zero attached hydrogens (tertiary/aromatic N) is 1. The van der Waals surface area contributed by atoms with E-state index in [4.69, 9.17) is 5.26 Å². The molecule has 0 rings (SSSR count). The van der Waals surface area contributed by atoms with E-state index in [0.717, 1.165) is 19.3 Å². The molecular formula is C12H19N. The molecule has 0 amide bonds. The fourth-order valence-electron chi connectivity index (χ4n) is 1.11. The molecule has 13 heavy (non-hydrogen) atoms. The Morgan fingerprint density at radius 3 is 2.38 bits per heavy atom. The quantitative estimate of drug-likeness (QED) is 0.406. The Morgan fingerprint density at radius 2 is 1.69 bits per heavy atom. The minimum Gasteiger partial charge on any atom is -0.198 e. The number of nitriles is 1. The zero-order valence-electron chi connectivity index (χ0n) is 8.34. The van der Waals surface area contributed by atoms with Crippen LogP contribution in [0, 0.1) is 11.3 Å². The maximum Gasteiger partial charge on any atom is 0.0624 e. The third kappa shape index (κ3) is 11.0. The number of unbranched alkanes of at least 4 members (excludes halogenated alkanes) is 5. The van der Waals surface area contributed by atoms with Crippen LogP contribution in [0.3, 0.4) is 0 Å². The Balaban J connectivity index is 3.02. The van der Waals surface area contributed by atoms with Gasteiger partial charge in [-0.05, 0) is 32.1 Å². The highest BCUT2D eigenvalue weighted by Gasteiger charge is 1.84. The highest BCUT2D eigenvalue weighted by molar-refractivity contribution is 4.85. The molecule has 0 aliphatic rings. The van der Waals surface area contributed by atoms with Gasteiger partial charge < -0.3 is 0 Å². The summed E-state index contributed by atoms with van der Waals surface area (Å²) in [6.07, 6.45) is 13.9. The van der Waals surface area contributed by atoms with Gasteiger partial charge in [0.2, 0.25) is 0 Å². The van der Waals surface area contributed by atoms with E-state index in [0.29, 0.717) is 6.42 Å². The summed E-state index contributed by atoms with van der Waals surface area (Å²) in [5, 5.41) is 8.27. The summed E-state index contributed by atoms with van der Waals surface area (Å²) in [4.78, 5) is 0. The predicted octanol–water partition coefficient (Wildman–Crippen LogP) is 3.98. The number of allylic oxidation sites excluding steroid dienone is 3. The molecule has 0 bridgehead atoms. The topological polar surface area (TPSA) is 23.8 Å². The van der Waals surface area contributed by atoms with Crippen LogP contribution in [0.1, 0.15) is 44.9 Å². The molecule has 1 heteroatoms. The molecule has 0 fully saturated rings. The summed E-state index contributed by atoms with van der Waals surface area (Å²) in [5.74, 6) is 0. The van der Waals surface area contributed by atoms with E-state index < -0.39 is 0 Å². The molecule has 0 saturated heterocycles. The van der Waals surface area contributed by atoms with Crippen LogP contribution in [0.15, 0.2) is 24.8 Å². The van der Waals surface area contributed by atoms with Gasteiger partial charge in [-0.15, -0.1) is 6.58 Å². The van der Waals surface area contributed by atoms with Crippen molar-refractivity contribution in [1.82, 2.24) is 0 Å². The number of rotatable bonds is 8.